The lowest BCUT2D eigenvalue weighted by Crippen LogP contribution is -2.27. The van der Waals surface area contributed by atoms with E-state index in [0.29, 0.717) is 12.3 Å². The summed E-state index contributed by atoms with van der Waals surface area (Å²) in [5.41, 5.74) is 5.43. The molecule has 0 aliphatic heterocycles. The molecule has 7 heteroatoms. The van der Waals surface area contributed by atoms with Crippen molar-refractivity contribution in [2.24, 2.45) is 5.73 Å². The number of sulfonamides is 1. The number of hydrogen-bond donors (Lipinski definition) is 1. The van der Waals surface area contributed by atoms with E-state index < -0.39 is 10.0 Å². The van der Waals surface area contributed by atoms with E-state index in [1.54, 1.807) is 7.05 Å². The molecule has 0 aliphatic rings. The minimum atomic E-state index is -3.50. The van der Waals surface area contributed by atoms with Crippen LogP contribution in [0.3, 0.4) is 0 Å². The summed E-state index contributed by atoms with van der Waals surface area (Å²) in [6, 6.07) is 1.47. The monoisotopic (exact) mass is 338 g/mol. The molecule has 1 aromatic rings. The molecule has 2 N–H and O–H groups in total. The molecule has 5 nitrogen and oxygen atoms in total. The average Bonchev–Trinajstić information content (AvgIpc) is 2.71. The molecule has 1 rings (SSSR count). The van der Waals surface area contributed by atoms with Crippen LogP contribution in [0.2, 0.25) is 0 Å². The van der Waals surface area contributed by atoms with Crippen molar-refractivity contribution in [2.75, 3.05) is 13.6 Å². The number of halogens is 1. The molecule has 0 fully saturated rings. The van der Waals surface area contributed by atoms with E-state index in [0.717, 1.165) is 19.3 Å². The second-order valence-electron chi connectivity index (χ2n) is 4.09. The van der Waals surface area contributed by atoms with Crippen molar-refractivity contribution >= 4 is 26.0 Å². The summed E-state index contributed by atoms with van der Waals surface area (Å²) in [4.78, 5) is 0.141. The molecule has 0 amide bonds. The summed E-state index contributed by atoms with van der Waals surface area (Å²) in [6.07, 6.45) is 2.92. The summed E-state index contributed by atoms with van der Waals surface area (Å²) < 4.78 is 31.3. The first-order chi connectivity index (χ1) is 8.43. The van der Waals surface area contributed by atoms with Gasteiger partial charge in [-0.3, -0.25) is 0 Å². The van der Waals surface area contributed by atoms with Crippen molar-refractivity contribution in [3.8, 4) is 0 Å². The fourth-order valence-corrected chi connectivity index (χ4v) is 3.71. The van der Waals surface area contributed by atoms with Gasteiger partial charge < -0.3 is 10.2 Å². The Kier molecular flexibility index (Phi) is 5.84. The summed E-state index contributed by atoms with van der Waals surface area (Å²) in [5.74, 6) is 0.447. The molecule has 104 valence electrons. The van der Waals surface area contributed by atoms with Gasteiger partial charge in [-0.1, -0.05) is 19.8 Å². The number of unbranched alkanes of at least 4 members (excludes halogenated alkanes) is 2. The Labute approximate surface area is 117 Å². The highest BCUT2D eigenvalue weighted by atomic mass is 79.9. The Bertz CT molecular complexity index is 484. The fourth-order valence-electron chi connectivity index (χ4n) is 1.55. The highest BCUT2D eigenvalue weighted by molar-refractivity contribution is 9.10. The van der Waals surface area contributed by atoms with Gasteiger partial charge in [-0.2, -0.15) is 0 Å². The summed E-state index contributed by atoms with van der Waals surface area (Å²) in [7, 11) is -1.93. The van der Waals surface area contributed by atoms with Gasteiger partial charge >= 0.3 is 0 Å². The van der Waals surface area contributed by atoms with Crippen LogP contribution < -0.4 is 5.73 Å². The molecule has 0 unspecified atom stereocenters. The zero-order chi connectivity index (χ0) is 13.8. The standard InChI is InChI=1S/C11H19BrN2O3S/c1-3-4-5-6-14(2)18(15,16)10-7-9(8-13)17-11(10)12/h7H,3-6,8,13H2,1-2H3. The molecule has 0 aliphatic carbocycles. The quantitative estimate of drug-likeness (QED) is 0.774. The zero-order valence-corrected chi connectivity index (χ0v) is 13.1. The average molecular weight is 339 g/mol. The van der Waals surface area contributed by atoms with Crippen molar-refractivity contribution in [3.05, 3.63) is 16.5 Å². The molecular formula is C11H19BrN2O3S. The Morgan fingerprint density at radius 1 is 1.44 bits per heavy atom. The van der Waals surface area contributed by atoms with Gasteiger partial charge in [-0.05, 0) is 22.4 Å². The van der Waals surface area contributed by atoms with Crippen molar-refractivity contribution in [1.82, 2.24) is 4.31 Å². The lowest BCUT2D eigenvalue weighted by atomic mass is 10.2. The smallest absolute Gasteiger partial charge is 0.247 e. The SMILES string of the molecule is CCCCCN(C)S(=O)(=O)c1cc(CN)oc1Br. The minimum absolute atomic E-state index is 0.141. The van der Waals surface area contributed by atoms with Gasteiger partial charge in [0.05, 0.1) is 6.54 Å². The predicted molar refractivity (Wildman–Crippen MR) is 73.6 cm³/mol. The Balaban J connectivity index is 2.87. The first-order valence-corrected chi connectivity index (χ1v) is 8.11. The Morgan fingerprint density at radius 3 is 2.61 bits per heavy atom. The highest BCUT2D eigenvalue weighted by Crippen LogP contribution is 2.28. The Hall–Kier alpha value is -0.370. The van der Waals surface area contributed by atoms with Crippen molar-refractivity contribution < 1.29 is 12.8 Å². The molecule has 0 atom stereocenters. The maximum absolute atomic E-state index is 12.3. The predicted octanol–water partition coefficient (Wildman–Crippen LogP) is 2.31. The van der Waals surface area contributed by atoms with Gasteiger partial charge in [0.1, 0.15) is 10.7 Å². The maximum atomic E-state index is 12.3. The van der Waals surface area contributed by atoms with Gasteiger partial charge in [-0.25, -0.2) is 12.7 Å². The summed E-state index contributed by atoms with van der Waals surface area (Å²) >= 11 is 3.12. The molecule has 0 saturated heterocycles. The van der Waals surface area contributed by atoms with Crippen molar-refractivity contribution in [1.29, 1.82) is 0 Å². The third kappa shape index (κ3) is 3.57. The number of rotatable bonds is 7. The van der Waals surface area contributed by atoms with Crippen molar-refractivity contribution in [3.63, 3.8) is 0 Å². The normalized spacial score (nSPS) is 12.3. The fraction of sp³-hybridized carbons (Fsp3) is 0.636. The molecule has 0 spiro atoms. The lowest BCUT2D eigenvalue weighted by Gasteiger charge is -2.15. The van der Waals surface area contributed by atoms with Crippen LogP contribution in [-0.2, 0) is 16.6 Å². The van der Waals surface area contributed by atoms with E-state index in [1.807, 2.05) is 0 Å². The topological polar surface area (TPSA) is 76.5 Å². The summed E-state index contributed by atoms with van der Waals surface area (Å²) in [6.45, 7) is 2.76. The molecule has 1 heterocycles. The molecule has 0 bridgehead atoms. The zero-order valence-electron chi connectivity index (χ0n) is 10.6. The van der Waals surface area contributed by atoms with Crippen LogP contribution in [0.4, 0.5) is 0 Å². The van der Waals surface area contributed by atoms with Gasteiger partial charge in [0, 0.05) is 19.7 Å². The number of nitrogens with two attached hydrogens (primary N) is 1. The molecule has 0 saturated carbocycles. The summed E-state index contributed by atoms with van der Waals surface area (Å²) in [5, 5.41) is 0. The first kappa shape index (κ1) is 15.7. The number of nitrogens with zero attached hydrogens (tertiary/aromatic N) is 1. The minimum Gasteiger partial charge on any atom is -0.452 e. The van der Waals surface area contributed by atoms with Crippen LogP contribution in [0, 0.1) is 0 Å². The number of furan rings is 1. The highest BCUT2D eigenvalue weighted by Gasteiger charge is 2.26. The third-order valence-corrected chi connectivity index (χ3v) is 5.39. The van der Waals surface area contributed by atoms with Crippen LogP contribution in [0.1, 0.15) is 31.9 Å². The van der Waals surface area contributed by atoms with Crippen LogP contribution in [-0.4, -0.2) is 26.3 Å². The van der Waals surface area contributed by atoms with Crippen LogP contribution in [0.25, 0.3) is 0 Å². The van der Waals surface area contributed by atoms with E-state index in [4.69, 9.17) is 10.2 Å². The van der Waals surface area contributed by atoms with Gasteiger partial charge in [-0.15, -0.1) is 0 Å². The third-order valence-electron chi connectivity index (χ3n) is 2.67. The largest absolute Gasteiger partial charge is 0.452 e. The molecule has 18 heavy (non-hydrogen) atoms. The van der Waals surface area contributed by atoms with Gasteiger partial charge in [0.2, 0.25) is 10.0 Å². The molecule has 0 radical (unpaired) electrons. The maximum Gasteiger partial charge on any atom is 0.247 e. The molecule has 1 aromatic heterocycles. The first-order valence-electron chi connectivity index (χ1n) is 5.88. The molecule has 0 aromatic carbocycles. The van der Waals surface area contributed by atoms with E-state index in [9.17, 15) is 8.42 Å². The second kappa shape index (κ2) is 6.70. The van der Waals surface area contributed by atoms with E-state index in [1.165, 1.54) is 10.4 Å². The van der Waals surface area contributed by atoms with Crippen LogP contribution in [0.5, 0.6) is 0 Å². The molecular weight excluding hydrogens is 320 g/mol. The van der Waals surface area contributed by atoms with Gasteiger partial charge in [0.25, 0.3) is 0 Å². The lowest BCUT2D eigenvalue weighted by molar-refractivity contribution is 0.448. The second-order valence-corrected chi connectivity index (χ2v) is 6.82. The van der Waals surface area contributed by atoms with Crippen LogP contribution in [0.15, 0.2) is 20.0 Å². The Morgan fingerprint density at radius 2 is 2.11 bits per heavy atom. The van der Waals surface area contributed by atoms with Crippen molar-refractivity contribution in [2.45, 2.75) is 37.6 Å². The van der Waals surface area contributed by atoms with E-state index in [-0.39, 0.29) is 16.1 Å². The van der Waals surface area contributed by atoms with E-state index in [2.05, 4.69) is 22.9 Å². The van der Waals surface area contributed by atoms with E-state index >= 15 is 0 Å². The van der Waals surface area contributed by atoms with Crippen LogP contribution >= 0.6 is 15.9 Å². The number of hydrogen-bond acceptors (Lipinski definition) is 4. The van der Waals surface area contributed by atoms with Gasteiger partial charge in [0.15, 0.2) is 4.67 Å².